The van der Waals surface area contributed by atoms with Gasteiger partial charge in [0.25, 0.3) is 0 Å². The van der Waals surface area contributed by atoms with Crippen LogP contribution >= 0.6 is 0 Å². The van der Waals surface area contributed by atoms with Crippen LogP contribution in [0.15, 0.2) is 47.6 Å². The van der Waals surface area contributed by atoms with Gasteiger partial charge in [-0.25, -0.2) is 9.98 Å². The maximum atomic E-state index is 5.98. The lowest BCUT2D eigenvalue weighted by Crippen LogP contribution is -2.24. The molecule has 1 aliphatic heterocycles. The van der Waals surface area contributed by atoms with Gasteiger partial charge in [-0.1, -0.05) is 31.0 Å². The third-order valence-electron chi connectivity index (χ3n) is 4.46. The third-order valence-corrected chi connectivity index (χ3v) is 4.46. The van der Waals surface area contributed by atoms with Crippen molar-refractivity contribution in [1.29, 1.82) is 0 Å². The predicted molar refractivity (Wildman–Crippen MR) is 105 cm³/mol. The van der Waals surface area contributed by atoms with Gasteiger partial charge in [0, 0.05) is 25.0 Å². The first-order valence-electron chi connectivity index (χ1n) is 9.04. The van der Waals surface area contributed by atoms with Crippen molar-refractivity contribution in [3.8, 4) is 0 Å². The highest BCUT2D eigenvalue weighted by Gasteiger charge is 2.10. The average molecular weight is 337 g/mol. The second kappa shape index (κ2) is 8.51. The molecule has 5 heteroatoms. The van der Waals surface area contributed by atoms with E-state index >= 15 is 0 Å². The molecule has 132 valence electrons. The molecule has 0 atom stereocenters. The van der Waals surface area contributed by atoms with Crippen LogP contribution in [-0.2, 0) is 6.54 Å². The minimum absolute atomic E-state index is 0.419. The minimum atomic E-state index is 0.419. The van der Waals surface area contributed by atoms with E-state index in [1.54, 1.807) is 0 Å². The number of nitrogens with two attached hydrogens (primary N) is 1. The van der Waals surface area contributed by atoms with E-state index in [0.29, 0.717) is 12.5 Å². The van der Waals surface area contributed by atoms with E-state index in [-0.39, 0.29) is 0 Å². The van der Waals surface area contributed by atoms with E-state index < -0.39 is 0 Å². The Morgan fingerprint density at radius 3 is 2.64 bits per heavy atom. The van der Waals surface area contributed by atoms with E-state index in [1.165, 1.54) is 31.2 Å². The number of hydrogen-bond acceptors (Lipinski definition) is 3. The van der Waals surface area contributed by atoms with Crippen LogP contribution in [0.1, 0.15) is 36.8 Å². The normalized spacial score (nSPS) is 15.7. The van der Waals surface area contributed by atoms with Gasteiger partial charge in [0.15, 0.2) is 5.96 Å². The Bertz CT molecular complexity index is 700. The number of aryl methyl sites for hydroxylation is 1. The zero-order valence-corrected chi connectivity index (χ0v) is 14.9. The summed E-state index contributed by atoms with van der Waals surface area (Å²) < 4.78 is 0. The summed E-state index contributed by atoms with van der Waals surface area (Å²) >= 11 is 0. The number of benzene rings is 1. The van der Waals surface area contributed by atoms with Gasteiger partial charge < -0.3 is 16.0 Å². The lowest BCUT2D eigenvalue weighted by atomic mass is 10.2. The zero-order valence-electron chi connectivity index (χ0n) is 14.9. The Morgan fingerprint density at radius 2 is 1.96 bits per heavy atom. The van der Waals surface area contributed by atoms with Crippen molar-refractivity contribution in [2.75, 3.05) is 23.3 Å². The van der Waals surface area contributed by atoms with E-state index in [4.69, 9.17) is 5.73 Å². The molecule has 3 N–H and O–H groups in total. The molecular formula is C20H27N5. The maximum Gasteiger partial charge on any atom is 0.193 e. The highest BCUT2D eigenvalue weighted by atomic mass is 15.2. The van der Waals surface area contributed by atoms with Crippen LogP contribution in [0.5, 0.6) is 0 Å². The van der Waals surface area contributed by atoms with Gasteiger partial charge in [0.2, 0.25) is 0 Å². The molecule has 1 fully saturated rings. The summed E-state index contributed by atoms with van der Waals surface area (Å²) in [4.78, 5) is 11.4. The van der Waals surface area contributed by atoms with Crippen LogP contribution in [0.2, 0.25) is 0 Å². The molecule has 1 saturated heterocycles. The molecular weight excluding hydrogens is 310 g/mol. The van der Waals surface area contributed by atoms with Crippen molar-refractivity contribution >= 4 is 17.5 Å². The lowest BCUT2D eigenvalue weighted by molar-refractivity contribution is 0.726. The Balaban J connectivity index is 1.57. The number of aliphatic imine (C=N–C) groups is 1. The van der Waals surface area contributed by atoms with E-state index in [2.05, 4.69) is 45.3 Å². The molecule has 0 radical (unpaired) electrons. The fourth-order valence-electron chi connectivity index (χ4n) is 3.08. The molecule has 5 nitrogen and oxygen atoms in total. The van der Waals surface area contributed by atoms with E-state index in [1.807, 2.05) is 24.4 Å². The second-order valence-electron chi connectivity index (χ2n) is 6.62. The van der Waals surface area contributed by atoms with Crippen molar-refractivity contribution < 1.29 is 0 Å². The van der Waals surface area contributed by atoms with Crippen LogP contribution < -0.4 is 16.0 Å². The number of rotatable bonds is 4. The molecule has 0 amide bonds. The summed E-state index contributed by atoms with van der Waals surface area (Å²) in [5, 5.41) is 3.12. The van der Waals surface area contributed by atoms with Gasteiger partial charge in [-0.15, -0.1) is 0 Å². The Morgan fingerprint density at radius 1 is 1.16 bits per heavy atom. The van der Waals surface area contributed by atoms with Crippen molar-refractivity contribution in [1.82, 2.24) is 4.98 Å². The van der Waals surface area contributed by atoms with E-state index in [9.17, 15) is 0 Å². The molecule has 0 unspecified atom stereocenters. The Labute approximate surface area is 150 Å². The molecule has 0 spiro atoms. The maximum absolute atomic E-state index is 5.98. The summed E-state index contributed by atoms with van der Waals surface area (Å²) in [7, 11) is 0. The third kappa shape index (κ3) is 5.21. The summed E-state index contributed by atoms with van der Waals surface area (Å²) in [6.45, 7) is 4.80. The number of guanidine groups is 1. The minimum Gasteiger partial charge on any atom is -0.370 e. The lowest BCUT2D eigenvalue weighted by Gasteiger charge is -2.21. The van der Waals surface area contributed by atoms with Crippen molar-refractivity contribution in [3.05, 3.63) is 53.7 Å². The highest BCUT2D eigenvalue weighted by Crippen LogP contribution is 2.17. The van der Waals surface area contributed by atoms with Crippen molar-refractivity contribution in [2.24, 2.45) is 10.7 Å². The van der Waals surface area contributed by atoms with Crippen LogP contribution in [0.3, 0.4) is 0 Å². The average Bonchev–Trinajstić information content (AvgIpc) is 2.90. The predicted octanol–water partition coefficient (Wildman–Crippen LogP) is 3.70. The molecule has 1 aliphatic rings. The summed E-state index contributed by atoms with van der Waals surface area (Å²) in [5.74, 6) is 1.49. The fraction of sp³-hybridized carbons (Fsp3) is 0.400. The number of nitrogens with one attached hydrogen (secondary N) is 1. The first kappa shape index (κ1) is 17.3. The molecule has 2 heterocycles. The summed E-state index contributed by atoms with van der Waals surface area (Å²) in [5.41, 5.74) is 9.18. The number of aromatic nitrogens is 1. The van der Waals surface area contributed by atoms with Gasteiger partial charge in [-0.3, -0.25) is 0 Å². The van der Waals surface area contributed by atoms with Crippen LogP contribution in [-0.4, -0.2) is 24.0 Å². The molecule has 25 heavy (non-hydrogen) atoms. The van der Waals surface area contributed by atoms with Crippen molar-refractivity contribution in [3.63, 3.8) is 0 Å². The molecule has 0 aliphatic carbocycles. The second-order valence-corrected chi connectivity index (χ2v) is 6.62. The molecule has 0 bridgehead atoms. The fourth-order valence-corrected chi connectivity index (χ4v) is 3.08. The van der Waals surface area contributed by atoms with Crippen LogP contribution in [0.25, 0.3) is 0 Å². The smallest absolute Gasteiger partial charge is 0.193 e. The Kier molecular flexibility index (Phi) is 5.88. The number of nitrogens with zero attached hydrogens (tertiary/aromatic N) is 3. The number of hydrogen-bond donors (Lipinski definition) is 2. The molecule has 3 rings (SSSR count). The van der Waals surface area contributed by atoms with Crippen LogP contribution in [0, 0.1) is 6.92 Å². The number of pyridine rings is 1. The van der Waals surface area contributed by atoms with E-state index in [0.717, 1.165) is 30.2 Å². The van der Waals surface area contributed by atoms with Crippen LogP contribution in [0.4, 0.5) is 11.5 Å². The highest BCUT2D eigenvalue weighted by molar-refractivity contribution is 5.92. The topological polar surface area (TPSA) is 66.5 Å². The van der Waals surface area contributed by atoms with Crippen molar-refractivity contribution in [2.45, 2.75) is 39.2 Å². The number of anilines is 2. The molecule has 0 saturated carbocycles. The standard InChI is InChI=1S/C20H27N5/c1-16-7-6-8-18(13-16)24-20(21)23-15-17-9-10-19(22-14-17)25-11-4-2-3-5-12-25/h6-10,13-14H,2-5,11-12,15H2,1H3,(H3,21,23,24). The molecule has 1 aromatic carbocycles. The first-order valence-corrected chi connectivity index (χ1v) is 9.04. The van der Waals surface area contributed by atoms with Gasteiger partial charge >= 0.3 is 0 Å². The van der Waals surface area contributed by atoms with Gasteiger partial charge in [-0.05, 0) is 49.1 Å². The quantitative estimate of drug-likeness (QED) is 0.659. The largest absolute Gasteiger partial charge is 0.370 e. The Hall–Kier alpha value is -2.56. The summed E-state index contributed by atoms with van der Waals surface area (Å²) in [6.07, 6.45) is 7.08. The van der Waals surface area contributed by atoms with Gasteiger partial charge in [0.1, 0.15) is 5.82 Å². The van der Waals surface area contributed by atoms with Gasteiger partial charge in [-0.2, -0.15) is 0 Å². The monoisotopic (exact) mass is 337 g/mol. The molecule has 2 aromatic rings. The SMILES string of the molecule is Cc1cccc(NC(N)=NCc2ccc(N3CCCCCC3)nc2)c1. The van der Waals surface area contributed by atoms with Gasteiger partial charge in [0.05, 0.1) is 6.54 Å². The summed E-state index contributed by atoms with van der Waals surface area (Å²) in [6, 6.07) is 12.3. The zero-order chi connectivity index (χ0) is 17.5. The molecule has 1 aromatic heterocycles. The first-order chi connectivity index (χ1) is 12.2.